The van der Waals surface area contributed by atoms with Crippen LogP contribution in [0.5, 0.6) is 11.5 Å². The van der Waals surface area contributed by atoms with Crippen LogP contribution in [0.4, 0.5) is 0 Å². The molecule has 0 bridgehead atoms. The van der Waals surface area contributed by atoms with E-state index >= 15 is 0 Å². The van der Waals surface area contributed by atoms with Gasteiger partial charge < -0.3 is 9.84 Å². The van der Waals surface area contributed by atoms with E-state index in [0.29, 0.717) is 0 Å². The fraction of sp³-hybridized carbons (Fsp3) is 0.429. The molecule has 0 fully saturated rings. The zero-order valence-electron chi connectivity index (χ0n) is 14.5. The Morgan fingerprint density at radius 1 is 1.09 bits per heavy atom. The highest BCUT2D eigenvalue weighted by Crippen LogP contribution is 2.49. The summed E-state index contributed by atoms with van der Waals surface area (Å²) in [5.41, 5.74) is 4.69. The summed E-state index contributed by atoms with van der Waals surface area (Å²) in [5, 5.41) is 12.7. The molecule has 0 saturated carbocycles. The molecule has 0 N–H and O–H groups in total. The molecule has 1 heterocycles. The number of fused-ring (bicyclic) bond motifs is 3. The Balaban J connectivity index is 2.09. The molecular formula is C21H25O2-. The van der Waals surface area contributed by atoms with E-state index in [-0.39, 0.29) is 5.75 Å². The predicted octanol–water partition coefficient (Wildman–Crippen LogP) is 5.10. The van der Waals surface area contributed by atoms with Gasteiger partial charge >= 0.3 is 0 Å². The fourth-order valence-electron chi connectivity index (χ4n) is 3.43. The molecule has 2 heteroatoms. The van der Waals surface area contributed by atoms with E-state index in [0.717, 1.165) is 40.8 Å². The summed E-state index contributed by atoms with van der Waals surface area (Å²) < 4.78 is 6.21. The van der Waals surface area contributed by atoms with Crippen LogP contribution in [-0.2, 0) is 12.0 Å². The van der Waals surface area contributed by atoms with Crippen molar-refractivity contribution in [3.8, 4) is 22.6 Å². The van der Waals surface area contributed by atoms with Gasteiger partial charge in [0, 0.05) is 11.1 Å². The van der Waals surface area contributed by atoms with Crippen LogP contribution in [0.2, 0.25) is 0 Å². The predicted molar refractivity (Wildman–Crippen MR) is 92.9 cm³/mol. The fourth-order valence-corrected chi connectivity index (χ4v) is 3.43. The zero-order chi connectivity index (χ0) is 16.6. The van der Waals surface area contributed by atoms with Crippen molar-refractivity contribution in [1.82, 2.24) is 0 Å². The molecule has 122 valence electrons. The van der Waals surface area contributed by atoms with Crippen molar-refractivity contribution in [2.45, 2.75) is 59.0 Å². The zero-order valence-corrected chi connectivity index (χ0v) is 14.5. The minimum absolute atomic E-state index is 0.0800. The largest absolute Gasteiger partial charge is 0.872 e. The lowest BCUT2D eigenvalue weighted by Gasteiger charge is -2.37. The maximum atomic E-state index is 12.7. The van der Waals surface area contributed by atoms with Crippen molar-refractivity contribution in [3.05, 3.63) is 47.0 Å². The van der Waals surface area contributed by atoms with Crippen LogP contribution >= 0.6 is 0 Å². The Labute approximate surface area is 139 Å². The van der Waals surface area contributed by atoms with Gasteiger partial charge in [-0.05, 0) is 50.8 Å². The van der Waals surface area contributed by atoms with Gasteiger partial charge in [0.1, 0.15) is 11.4 Å². The first-order valence-corrected chi connectivity index (χ1v) is 8.57. The molecule has 0 aliphatic carbocycles. The highest BCUT2D eigenvalue weighted by atomic mass is 16.5. The molecule has 0 spiro atoms. The topological polar surface area (TPSA) is 32.3 Å². The van der Waals surface area contributed by atoms with Gasteiger partial charge in [0.15, 0.2) is 0 Å². The first-order chi connectivity index (χ1) is 10.9. The smallest absolute Gasteiger partial charge is 0.129 e. The number of unbranched alkanes of at least 4 members (excludes halogenated alkanes) is 2. The maximum absolute atomic E-state index is 12.7. The minimum Gasteiger partial charge on any atom is -0.872 e. The maximum Gasteiger partial charge on any atom is 0.129 e. The molecule has 23 heavy (non-hydrogen) atoms. The molecule has 3 rings (SSSR count). The average Bonchev–Trinajstić information content (AvgIpc) is 2.46. The molecule has 0 saturated heterocycles. The van der Waals surface area contributed by atoms with Gasteiger partial charge in [-0.2, -0.15) is 0 Å². The second-order valence-corrected chi connectivity index (χ2v) is 7.09. The molecule has 0 unspecified atom stereocenters. The first-order valence-electron chi connectivity index (χ1n) is 8.57. The van der Waals surface area contributed by atoms with Crippen LogP contribution < -0.4 is 9.84 Å². The molecule has 0 radical (unpaired) electrons. The van der Waals surface area contributed by atoms with E-state index in [9.17, 15) is 5.11 Å². The van der Waals surface area contributed by atoms with Gasteiger partial charge in [0.2, 0.25) is 0 Å². The van der Waals surface area contributed by atoms with Crippen LogP contribution in [0.1, 0.15) is 56.7 Å². The van der Waals surface area contributed by atoms with E-state index in [4.69, 9.17) is 4.74 Å². The molecule has 0 aromatic heterocycles. The van der Waals surface area contributed by atoms with Gasteiger partial charge in [0.05, 0.1) is 0 Å². The summed E-state index contributed by atoms with van der Waals surface area (Å²) in [4.78, 5) is 0. The Morgan fingerprint density at radius 2 is 1.87 bits per heavy atom. The van der Waals surface area contributed by atoms with Crippen LogP contribution in [0.15, 0.2) is 30.3 Å². The number of hydrogen-bond donors (Lipinski definition) is 0. The molecular weight excluding hydrogens is 284 g/mol. The summed E-state index contributed by atoms with van der Waals surface area (Å²) in [7, 11) is 0. The van der Waals surface area contributed by atoms with Crippen molar-refractivity contribution in [2.24, 2.45) is 0 Å². The third kappa shape index (κ3) is 2.95. The van der Waals surface area contributed by atoms with Crippen LogP contribution in [0, 0.1) is 6.92 Å². The van der Waals surface area contributed by atoms with E-state index in [1.54, 1.807) is 6.07 Å². The van der Waals surface area contributed by atoms with Crippen molar-refractivity contribution in [1.29, 1.82) is 0 Å². The highest BCUT2D eigenvalue weighted by Gasteiger charge is 2.32. The Hall–Kier alpha value is -1.96. The van der Waals surface area contributed by atoms with Gasteiger partial charge in [-0.25, -0.2) is 0 Å². The van der Waals surface area contributed by atoms with Gasteiger partial charge in [-0.3, -0.25) is 0 Å². The van der Waals surface area contributed by atoms with Crippen LogP contribution in [0.25, 0.3) is 11.1 Å². The number of benzene rings is 2. The molecule has 2 nitrogen and oxygen atoms in total. The normalized spacial score (nSPS) is 14.8. The molecule has 0 amide bonds. The lowest BCUT2D eigenvalue weighted by molar-refractivity contribution is -0.267. The quantitative estimate of drug-likeness (QED) is 0.736. The second-order valence-electron chi connectivity index (χ2n) is 7.09. The van der Waals surface area contributed by atoms with Gasteiger partial charge in [0.25, 0.3) is 0 Å². The van der Waals surface area contributed by atoms with E-state index in [2.05, 4.69) is 52.0 Å². The Bertz CT molecular complexity index is 729. The molecule has 1 aliphatic heterocycles. The van der Waals surface area contributed by atoms with Crippen LogP contribution in [-0.4, -0.2) is 0 Å². The summed E-state index contributed by atoms with van der Waals surface area (Å²) in [6.07, 6.45) is 4.44. The number of hydrogen-bond acceptors (Lipinski definition) is 2. The standard InChI is InChI=1S/C21H26O2/c1-5-6-7-8-15-12-18(22)20-16-11-14(2)9-10-17(16)21(3,4)23-19(20)13-15/h9-13,22H,5-8H2,1-4H3/p-1. The summed E-state index contributed by atoms with van der Waals surface area (Å²) in [5.74, 6) is 0.823. The lowest BCUT2D eigenvalue weighted by atomic mass is 9.84. The van der Waals surface area contributed by atoms with Crippen molar-refractivity contribution in [3.63, 3.8) is 0 Å². The number of rotatable bonds is 4. The highest BCUT2D eigenvalue weighted by molar-refractivity contribution is 5.82. The van der Waals surface area contributed by atoms with Crippen molar-refractivity contribution < 1.29 is 9.84 Å². The van der Waals surface area contributed by atoms with Crippen molar-refractivity contribution in [2.75, 3.05) is 0 Å². The number of ether oxygens (including phenoxy) is 1. The second kappa shape index (κ2) is 5.92. The van der Waals surface area contributed by atoms with E-state index < -0.39 is 5.60 Å². The van der Waals surface area contributed by atoms with Gasteiger partial charge in [-0.15, -0.1) is 0 Å². The monoisotopic (exact) mass is 309 g/mol. The SMILES string of the molecule is CCCCCc1cc([O-])c2c(c1)OC(C)(C)c1ccc(C)cc1-2. The Kier molecular flexibility index (Phi) is 4.09. The Morgan fingerprint density at radius 3 is 2.61 bits per heavy atom. The molecule has 2 aromatic rings. The number of aryl methyl sites for hydroxylation is 2. The van der Waals surface area contributed by atoms with E-state index in [1.165, 1.54) is 18.4 Å². The molecule has 1 aliphatic rings. The molecule has 2 aromatic carbocycles. The first kappa shape index (κ1) is 15.9. The van der Waals surface area contributed by atoms with Gasteiger partial charge in [-0.1, -0.05) is 55.3 Å². The van der Waals surface area contributed by atoms with Crippen LogP contribution in [0.3, 0.4) is 0 Å². The minimum atomic E-state index is -0.412. The summed E-state index contributed by atoms with van der Waals surface area (Å²) in [6.45, 7) is 8.39. The molecule has 0 atom stereocenters. The average molecular weight is 309 g/mol. The van der Waals surface area contributed by atoms with E-state index in [1.807, 2.05) is 0 Å². The lowest BCUT2D eigenvalue weighted by Crippen LogP contribution is -2.29. The summed E-state index contributed by atoms with van der Waals surface area (Å²) >= 11 is 0. The summed E-state index contributed by atoms with van der Waals surface area (Å²) in [6, 6.07) is 10.1. The third-order valence-electron chi connectivity index (χ3n) is 4.65. The van der Waals surface area contributed by atoms with Crippen molar-refractivity contribution >= 4 is 0 Å². The third-order valence-corrected chi connectivity index (χ3v) is 4.65.